The molecule has 1 aromatic carbocycles. The van der Waals surface area contributed by atoms with Crippen molar-refractivity contribution in [3.05, 3.63) is 35.4 Å². The summed E-state index contributed by atoms with van der Waals surface area (Å²) in [6.07, 6.45) is -1.94. The zero-order valence-corrected chi connectivity index (χ0v) is 9.25. The lowest BCUT2D eigenvalue weighted by Crippen LogP contribution is -2.30. The van der Waals surface area contributed by atoms with Gasteiger partial charge >= 0.3 is 0 Å². The predicted molar refractivity (Wildman–Crippen MR) is 59.7 cm³/mol. The highest BCUT2D eigenvalue weighted by molar-refractivity contribution is 5.78. The Morgan fingerprint density at radius 3 is 2.59 bits per heavy atom. The smallest absolute Gasteiger partial charge is 0.263 e. The first-order valence-electron chi connectivity index (χ1n) is 5.52. The van der Waals surface area contributed by atoms with Crippen LogP contribution in [0.1, 0.15) is 24.0 Å². The Hall–Kier alpha value is -1.49. The molecule has 1 heterocycles. The van der Waals surface area contributed by atoms with Gasteiger partial charge in [0.15, 0.2) is 0 Å². The molecule has 17 heavy (non-hydrogen) atoms. The standard InChI is InChI=1S/C12H14F2N2O/c13-12(14)9-3-1-8(2-4-9)6-15-10-5-11(17)16-7-10/h1-4,10,12,15H,5-7H2,(H,16,17). The van der Waals surface area contributed by atoms with Crippen molar-refractivity contribution < 1.29 is 13.6 Å². The van der Waals surface area contributed by atoms with Gasteiger partial charge in [0.1, 0.15) is 0 Å². The highest BCUT2D eigenvalue weighted by Gasteiger charge is 2.20. The third-order valence-corrected chi connectivity index (χ3v) is 2.80. The second kappa shape index (κ2) is 5.23. The fourth-order valence-corrected chi connectivity index (χ4v) is 1.79. The molecule has 0 bridgehead atoms. The fraction of sp³-hybridized carbons (Fsp3) is 0.417. The van der Waals surface area contributed by atoms with Gasteiger partial charge in [0.25, 0.3) is 6.43 Å². The summed E-state index contributed by atoms with van der Waals surface area (Å²) in [5.74, 6) is 0.0514. The molecule has 92 valence electrons. The number of carbonyl (C=O) groups is 1. The number of carbonyl (C=O) groups excluding carboxylic acids is 1. The summed E-state index contributed by atoms with van der Waals surface area (Å²) in [7, 11) is 0. The molecule has 3 nitrogen and oxygen atoms in total. The van der Waals surface area contributed by atoms with Crippen LogP contribution in [0.4, 0.5) is 8.78 Å². The second-order valence-corrected chi connectivity index (χ2v) is 4.13. The number of hydrogen-bond acceptors (Lipinski definition) is 2. The molecule has 2 rings (SSSR count). The average molecular weight is 240 g/mol. The SMILES string of the molecule is O=C1CC(NCc2ccc(C(F)F)cc2)CN1. The highest BCUT2D eigenvalue weighted by atomic mass is 19.3. The monoisotopic (exact) mass is 240 g/mol. The van der Waals surface area contributed by atoms with Gasteiger partial charge < -0.3 is 10.6 Å². The summed E-state index contributed by atoms with van der Waals surface area (Å²) < 4.78 is 24.6. The molecule has 1 atom stereocenters. The van der Waals surface area contributed by atoms with Gasteiger partial charge in [-0.3, -0.25) is 4.79 Å². The predicted octanol–water partition coefficient (Wildman–Crippen LogP) is 1.60. The largest absolute Gasteiger partial charge is 0.354 e. The van der Waals surface area contributed by atoms with E-state index in [2.05, 4.69) is 10.6 Å². The first-order chi connectivity index (χ1) is 8.15. The van der Waals surface area contributed by atoms with Crippen molar-refractivity contribution in [2.24, 2.45) is 0 Å². The van der Waals surface area contributed by atoms with Crippen molar-refractivity contribution in [2.75, 3.05) is 6.54 Å². The van der Waals surface area contributed by atoms with E-state index in [4.69, 9.17) is 0 Å². The van der Waals surface area contributed by atoms with Crippen molar-refractivity contribution >= 4 is 5.91 Å². The molecular formula is C12H14F2N2O. The summed E-state index contributed by atoms with van der Waals surface area (Å²) >= 11 is 0. The third-order valence-electron chi connectivity index (χ3n) is 2.80. The zero-order chi connectivity index (χ0) is 12.3. The molecular weight excluding hydrogens is 226 g/mol. The maximum atomic E-state index is 12.3. The minimum Gasteiger partial charge on any atom is -0.354 e. The Bertz CT molecular complexity index is 392. The Morgan fingerprint density at radius 2 is 2.06 bits per heavy atom. The van der Waals surface area contributed by atoms with E-state index in [9.17, 15) is 13.6 Å². The van der Waals surface area contributed by atoms with Gasteiger partial charge in [0.05, 0.1) is 0 Å². The molecule has 2 N–H and O–H groups in total. The van der Waals surface area contributed by atoms with Gasteiger partial charge in [-0.2, -0.15) is 0 Å². The van der Waals surface area contributed by atoms with Crippen LogP contribution in [0.15, 0.2) is 24.3 Å². The molecule has 1 aliphatic heterocycles. The van der Waals surface area contributed by atoms with E-state index < -0.39 is 6.43 Å². The van der Waals surface area contributed by atoms with Gasteiger partial charge in [0, 0.05) is 31.1 Å². The van der Waals surface area contributed by atoms with Crippen molar-refractivity contribution in [3.63, 3.8) is 0 Å². The van der Waals surface area contributed by atoms with Crippen LogP contribution >= 0.6 is 0 Å². The van der Waals surface area contributed by atoms with E-state index in [0.29, 0.717) is 19.5 Å². The Kier molecular flexibility index (Phi) is 3.68. The van der Waals surface area contributed by atoms with Gasteiger partial charge in [-0.15, -0.1) is 0 Å². The van der Waals surface area contributed by atoms with Crippen molar-refractivity contribution in [1.82, 2.24) is 10.6 Å². The van der Waals surface area contributed by atoms with E-state index in [-0.39, 0.29) is 17.5 Å². The van der Waals surface area contributed by atoms with Crippen molar-refractivity contribution in [1.29, 1.82) is 0 Å². The Balaban J connectivity index is 1.85. The van der Waals surface area contributed by atoms with Crippen LogP contribution < -0.4 is 10.6 Å². The van der Waals surface area contributed by atoms with Gasteiger partial charge in [-0.25, -0.2) is 8.78 Å². The van der Waals surface area contributed by atoms with Crippen molar-refractivity contribution in [3.8, 4) is 0 Å². The molecule has 1 saturated heterocycles. The summed E-state index contributed by atoms with van der Waals surface area (Å²) in [4.78, 5) is 10.9. The molecule has 1 fully saturated rings. The zero-order valence-electron chi connectivity index (χ0n) is 9.25. The summed E-state index contributed by atoms with van der Waals surface area (Å²) in [6.45, 7) is 1.22. The Labute approximate surface area is 98.2 Å². The highest BCUT2D eigenvalue weighted by Crippen LogP contribution is 2.18. The number of alkyl halides is 2. The van der Waals surface area contributed by atoms with E-state index in [1.807, 2.05) is 0 Å². The molecule has 1 unspecified atom stereocenters. The molecule has 0 aliphatic carbocycles. The molecule has 1 amide bonds. The molecule has 1 aromatic rings. The average Bonchev–Trinajstić information content (AvgIpc) is 2.73. The van der Waals surface area contributed by atoms with Gasteiger partial charge in [0.2, 0.25) is 5.91 Å². The fourth-order valence-electron chi connectivity index (χ4n) is 1.79. The van der Waals surface area contributed by atoms with Crippen LogP contribution in [-0.2, 0) is 11.3 Å². The maximum absolute atomic E-state index is 12.3. The topological polar surface area (TPSA) is 41.1 Å². The first kappa shape index (κ1) is 12.0. The third kappa shape index (κ3) is 3.23. The maximum Gasteiger partial charge on any atom is 0.263 e. The normalized spacial score (nSPS) is 19.7. The number of benzene rings is 1. The Morgan fingerprint density at radius 1 is 1.35 bits per heavy atom. The van der Waals surface area contributed by atoms with Crippen LogP contribution in [0, 0.1) is 0 Å². The minimum atomic E-state index is -2.42. The lowest BCUT2D eigenvalue weighted by atomic mass is 10.1. The van der Waals surface area contributed by atoms with Gasteiger partial charge in [-0.1, -0.05) is 24.3 Å². The first-order valence-corrected chi connectivity index (χ1v) is 5.52. The summed E-state index contributed by atoms with van der Waals surface area (Å²) in [6, 6.07) is 6.36. The number of nitrogens with one attached hydrogen (secondary N) is 2. The number of halogens is 2. The molecule has 0 aromatic heterocycles. The number of amides is 1. The van der Waals surface area contributed by atoms with Crippen LogP contribution in [0.2, 0.25) is 0 Å². The van der Waals surface area contributed by atoms with E-state index in [1.165, 1.54) is 12.1 Å². The van der Waals surface area contributed by atoms with Crippen LogP contribution in [0.25, 0.3) is 0 Å². The molecule has 0 spiro atoms. The lowest BCUT2D eigenvalue weighted by molar-refractivity contribution is -0.119. The van der Waals surface area contributed by atoms with Crippen LogP contribution in [0.5, 0.6) is 0 Å². The van der Waals surface area contributed by atoms with Crippen LogP contribution in [0.3, 0.4) is 0 Å². The van der Waals surface area contributed by atoms with Crippen LogP contribution in [-0.4, -0.2) is 18.5 Å². The molecule has 1 aliphatic rings. The quantitative estimate of drug-likeness (QED) is 0.839. The molecule has 0 saturated carbocycles. The summed E-state index contributed by atoms with van der Waals surface area (Å²) in [5, 5.41) is 5.94. The molecule has 5 heteroatoms. The summed E-state index contributed by atoms with van der Waals surface area (Å²) in [5.41, 5.74) is 0.972. The number of rotatable bonds is 4. The number of hydrogen-bond donors (Lipinski definition) is 2. The van der Waals surface area contributed by atoms with E-state index >= 15 is 0 Å². The van der Waals surface area contributed by atoms with E-state index in [0.717, 1.165) is 5.56 Å². The van der Waals surface area contributed by atoms with E-state index in [1.54, 1.807) is 12.1 Å². The van der Waals surface area contributed by atoms with Gasteiger partial charge in [-0.05, 0) is 5.56 Å². The second-order valence-electron chi connectivity index (χ2n) is 4.13. The molecule has 0 radical (unpaired) electrons. The van der Waals surface area contributed by atoms with Crippen molar-refractivity contribution in [2.45, 2.75) is 25.4 Å². The minimum absolute atomic E-state index is 0.0338. The lowest BCUT2D eigenvalue weighted by Gasteiger charge is -2.10.